The van der Waals surface area contributed by atoms with Gasteiger partial charge < -0.3 is 10.6 Å². The van der Waals surface area contributed by atoms with Crippen LogP contribution in [-0.2, 0) is 4.79 Å². The molecular formula is C8H11F3N2O. The van der Waals surface area contributed by atoms with Gasteiger partial charge in [0, 0.05) is 19.0 Å². The zero-order valence-corrected chi connectivity index (χ0v) is 7.47. The van der Waals surface area contributed by atoms with Crippen LogP contribution in [0.3, 0.4) is 0 Å². The first-order valence-electron chi connectivity index (χ1n) is 4.50. The van der Waals surface area contributed by atoms with Gasteiger partial charge in [-0.15, -0.1) is 0 Å². The molecule has 1 amide bonds. The fourth-order valence-corrected chi connectivity index (χ4v) is 1.97. The van der Waals surface area contributed by atoms with E-state index in [1.54, 1.807) is 0 Å². The highest BCUT2D eigenvalue weighted by molar-refractivity contribution is 5.80. The molecule has 2 N–H and O–H groups in total. The van der Waals surface area contributed by atoms with Gasteiger partial charge in [0.15, 0.2) is 0 Å². The minimum atomic E-state index is -4.31. The lowest BCUT2D eigenvalue weighted by Crippen LogP contribution is -2.49. The molecule has 1 aliphatic heterocycles. The van der Waals surface area contributed by atoms with E-state index in [0.717, 1.165) is 4.90 Å². The van der Waals surface area contributed by atoms with Crippen LogP contribution in [0.2, 0.25) is 0 Å². The Hall–Kier alpha value is -0.780. The van der Waals surface area contributed by atoms with Crippen LogP contribution in [0, 0.1) is 0 Å². The molecule has 0 aromatic heterocycles. The Kier molecular flexibility index (Phi) is 1.83. The monoisotopic (exact) mass is 208 g/mol. The number of carbonyl (C=O) groups excluding carboxylic acids is 1. The molecule has 0 radical (unpaired) electrons. The van der Waals surface area contributed by atoms with Gasteiger partial charge in [0.05, 0.1) is 0 Å². The fraction of sp³-hybridized carbons (Fsp3) is 0.875. The number of hydrogen-bond donors (Lipinski definition) is 1. The topological polar surface area (TPSA) is 46.3 Å². The van der Waals surface area contributed by atoms with E-state index in [9.17, 15) is 18.0 Å². The van der Waals surface area contributed by atoms with E-state index in [-0.39, 0.29) is 25.8 Å². The van der Waals surface area contributed by atoms with E-state index >= 15 is 0 Å². The first-order valence-corrected chi connectivity index (χ1v) is 4.50. The normalized spacial score (nSPS) is 31.0. The molecule has 80 valence electrons. The van der Waals surface area contributed by atoms with Gasteiger partial charge in [0.25, 0.3) is 0 Å². The van der Waals surface area contributed by atoms with E-state index in [1.165, 1.54) is 0 Å². The van der Waals surface area contributed by atoms with Crippen molar-refractivity contribution >= 4 is 5.91 Å². The zero-order valence-electron chi connectivity index (χ0n) is 7.47. The lowest BCUT2D eigenvalue weighted by Gasteiger charge is -2.29. The maximum Gasteiger partial charge on any atom is 0.411 e. The number of hydrogen-bond acceptors (Lipinski definition) is 2. The summed E-state index contributed by atoms with van der Waals surface area (Å²) in [6.45, 7) is 0.0400. The second-order valence-electron chi connectivity index (χ2n) is 4.00. The molecule has 1 unspecified atom stereocenters. The van der Waals surface area contributed by atoms with Crippen LogP contribution in [0.5, 0.6) is 0 Å². The molecule has 6 heteroatoms. The van der Waals surface area contributed by atoms with Crippen molar-refractivity contribution in [2.75, 3.05) is 6.54 Å². The van der Waals surface area contributed by atoms with Gasteiger partial charge in [0.1, 0.15) is 5.54 Å². The van der Waals surface area contributed by atoms with Crippen molar-refractivity contribution < 1.29 is 18.0 Å². The molecule has 1 saturated heterocycles. The maximum absolute atomic E-state index is 12.6. The average Bonchev–Trinajstić information content (AvgIpc) is 2.73. The summed E-state index contributed by atoms with van der Waals surface area (Å²) in [5.41, 5.74) is 3.58. The maximum atomic E-state index is 12.6. The van der Waals surface area contributed by atoms with Crippen LogP contribution < -0.4 is 5.73 Å². The molecule has 1 saturated carbocycles. The SMILES string of the molecule is NC1CC(=O)N(C2(C(F)(F)F)CC2)C1. The summed E-state index contributed by atoms with van der Waals surface area (Å²) in [6, 6.07) is -0.442. The third kappa shape index (κ3) is 1.20. The van der Waals surface area contributed by atoms with Gasteiger partial charge in [-0.25, -0.2) is 0 Å². The molecular weight excluding hydrogens is 197 g/mol. The largest absolute Gasteiger partial charge is 0.411 e. The van der Waals surface area contributed by atoms with Crippen molar-refractivity contribution in [1.82, 2.24) is 4.90 Å². The molecule has 0 aromatic carbocycles. The second kappa shape index (κ2) is 2.62. The smallest absolute Gasteiger partial charge is 0.326 e. The van der Waals surface area contributed by atoms with Crippen LogP contribution in [0.15, 0.2) is 0 Å². The standard InChI is InChI=1S/C8H11F3N2O/c9-8(10,11)7(1-2-7)13-4-5(12)3-6(13)14/h5H,1-4,12H2. The molecule has 3 nitrogen and oxygen atoms in total. The fourth-order valence-electron chi connectivity index (χ4n) is 1.97. The first kappa shape index (κ1) is 9.76. The quantitative estimate of drug-likeness (QED) is 0.687. The number of nitrogens with zero attached hydrogens (tertiary/aromatic N) is 1. The van der Waals surface area contributed by atoms with E-state index in [2.05, 4.69) is 0 Å². The van der Waals surface area contributed by atoms with Crippen molar-refractivity contribution in [2.45, 2.75) is 37.0 Å². The lowest BCUT2D eigenvalue weighted by atomic mass is 10.2. The summed E-state index contributed by atoms with van der Waals surface area (Å²) in [5.74, 6) is -0.465. The lowest BCUT2D eigenvalue weighted by molar-refractivity contribution is -0.197. The molecule has 2 aliphatic rings. The number of rotatable bonds is 1. The van der Waals surface area contributed by atoms with E-state index in [1.807, 2.05) is 0 Å². The van der Waals surface area contributed by atoms with Crippen LogP contribution in [0.4, 0.5) is 13.2 Å². The minimum Gasteiger partial charge on any atom is -0.326 e. The van der Waals surface area contributed by atoms with Crippen molar-refractivity contribution in [1.29, 1.82) is 0 Å². The molecule has 1 heterocycles. The minimum absolute atomic E-state index is 0.0228. The Balaban J connectivity index is 2.20. The average molecular weight is 208 g/mol. The van der Waals surface area contributed by atoms with Crippen LogP contribution in [0.25, 0.3) is 0 Å². The Labute approximate surface area is 79.0 Å². The highest BCUT2D eigenvalue weighted by Gasteiger charge is 2.68. The Morgan fingerprint density at radius 2 is 2.00 bits per heavy atom. The van der Waals surface area contributed by atoms with Gasteiger partial charge in [-0.1, -0.05) is 0 Å². The van der Waals surface area contributed by atoms with Gasteiger partial charge in [0.2, 0.25) is 5.91 Å². The number of likely N-dealkylation sites (tertiary alicyclic amines) is 1. The molecule has 1 atom stereocenters. The van der Waals surface area contributed by atoms with E-state index in [4.69, 9.17) is 5.73 Å². The summed E-state index contributed by atoms with van der Waals surface area (Å²) in [7, 11) is 0. The number of carbonyl (C=O) groups is 1. The van der Waals surface area contributed by atoms with E-state index in [0.29, 0.717) is 0 Å². The van der Waals surface area contributed by atoms with Gasteiger partial charge in [-0.05, 0) is 12.8 Å². The summed E-state index contributed by atoms with van der Waals surface area (Å²) >= 11 is 0. The second-order valence-corrected chi connectivity index (χ2v) is 4.00. The molecule has 1 aliphatic carbocycles. The number of alkyl halides is 3. The predicted molar refractivity (Wildman–Crippen MR) is 42.3 cm³/mol. The van der Waals surface area contributed by atoms with Gasteiger partial charge in [-0.3, -0.25) is 4.79 Å². The van der Waals surface area contributed by atoms with E-state index < -0.39 is 23.7 Å². The third-order valence-electron chi connectivity index (χ3n) is 2.92. The highest BCUT2D eigenvalue weighted by Crippen LogP contribution is 2.54. The molecule has 0 bridgehead atoms. The van der Waals surface area contributed by atoms with Crippen LogP contribution >= 0.6 is 0 Å². The summed E-state index contributed by atoms with van der Waals surface area (Å²) < 4.78 is 37.8. The highest BCUT2D eigenvalue weighted by atomic mass is 19.4. The molecule has 2 fully saturated rings. The van der Waals surface area contributed by atoms with Crippen LogP contribution in [0.1, 0.15) is 19.3 Å². The Morgan fingerprint density at radius 3 is 2.29 bits per heavy atom. The van der Waals surface area contributed by atoms with Gasteiger partial charge in [-0.2, -0.15) is 13.2 Å². The number of nitrogens with two attached hydrogens (primary N) is 1. The summed E-state index contributed by atoms with van der Waals surface area (Å²) in [6.07, 6.45) is -4.23. The summed E-state index contributed by atoms with van der Waals surface area (Å²) in [4.78, 5) is 12.2. The first-order chi connectivity index (χ1) is 6.37. The molecule has 0 aromatic rings. The summed E-state index contributed by atoms with van der Waals surface area (Å²) in [5, 5.41) is 0. The Bertz CT molecular complexity index is 272. The van der Waals surface area contributed by atoms with Crippen LogP contribution in [-0.4, -0.2) is 35.1 Å². The molecule has 14 heavy (non-hydrogen) atoms. The number of halogens is 3. The number of amides is 1. The van der Waals surface area contributed by atoms with Crippen molar-refractivity contribution in [2.24, 2.45) is 5.73 Å². The molecule has 2 rings (SSSR count). The predicted octanol–water partition coefficient (Wildman–Crippen LogP) is 0.641. The zero-order chi connectivity index (χ0) is 10.6. The third-order valence-corrected chi connectivity index (χ3v) is 2.92. The Morgan fingerprint density at radius 1 is 1.43 bits per heavy atom. The van der Waals surface area contributed by atoms with Crippen molar-refractivity contribution in [3.8, 4) is 0 Å². The van der Waals surface area contributed by atoms with Gasteiger partial charge >= 0.3 is 6.18 Å². The molecule has 0 spiro atoms. The van der Waals surface area contributed by atoms with Crippen molar-refractivity contribution in [3.63, 3.8) is 0 Å². The van der Waals surface area contributed by atoms with Crippen molar-refractivity contribution in [3.05, 3.63) is 0 Å².